The van der Waals surface area contributed by atoms with Gasteiger partial charge in [-0.3, -0.25) is 9.59 Å². The largest absolute Gasteiger partial charge is 0.487 e. The van der Waals surface area contributed by atoms with E-state index in [2.05, 4.69) is 36.4 Å². The van der Waals surface area contributed by atoms with Crippen molar-refractivity contribution in [3.63, 3.8) is 0 Å². The molecule has 4 aromatic rings. The number of hydrogen-bond acceptors (Lipinski definition) is 6. The predicted octanol–water partition coefficient (Wildman–Crippen LogP) is 7.63. The molecular weight excluding hydrogens is 540 g/mol. The Bertz CT molecular complexity index is 1630. The van der Waals surface area contributed by atoms with Gasteiger partial charge in [-0.25, -0.2) is 0 Å². The number of benzene rings is 4. The monoisotopic (exact) mass is 572 g/mol. The molecule has 43 heavy (non-hydrogen) atoms. The summed E-state index contributed by atoms with van der Waals surface area (Å²) in [5.41, 5.74) is 1.81. The molecule has 6 heteroatoms. The fraction of sp³-hybridized carbons (Fsp3) is 0.189. The van der Waals surface area contributed by atoms with Crippen molar-refractivity contribution in [1.29, 1.82) is 0 Å². The molecule has 6 rings (SSSR count). The van der Waals surface area contributed by atoms with Crippen LogP contribution in [0.3, 0.4) is 0 Å². The van der Waals surface area contributed by atoms with Gasteiger partial charge < -0.3 is 18.9 Å². The molecule has 2 aliphatic rings. The van der Waals surface area contributed by atoms with Crippen LogP contribution in [-0.4, -0.2) is 31.6 Å². The molecule has 0 spiro atoms. The zero-order valence-electron chi connectivity index (χ0n) is 23.7. The summed E-state index contributed by atoms with van der Waals surface area (Å²) in [6, 6.07) is 28.5. The van der Waals surface area contributed by atoms with Crippen LogP contribution in [0.15, 0.2) is 133 Å². The lowest BCUT2D eigenvalue weighted by atomic mass is 10.0. The van der Waals surface area contributed by atoms with Crippen molar-refractivity contribution in [2.75, 3.05) is 20.0 Å². The first-order chi connectivity index (χ1) is 21.1. The minimum absolute atomic E-state index is 0.0639. The first-order valence-electron chi connectivity index (χ1n) is 14.4. The summed E-state index contributed by atoms with van der Waals surface area (Å²) >= 11 is 0. The van der Waals surface area contributed by atoms with Crippen molar-refractivity contribution in [1.82, 2.24) is 0 Å². The molecule has 0 bridgehead atoms. The molecule has 0 radical (unpaired) electrons. The minimum atomic E-state index is -0.504. The maximum Gasteiger partial charge on any atom is 0.201 e. The van der Waals surface area contributed by atoms with Crippen LogP contribution in [0.5, 0.6) is 0 Å². The second kappa shape index (κ2) is 13.5. The number of ketones is 2. The maximum atomic E-state index is 12.3. The smallest absolute Gasteiger partial charge is 0.201 e. The Morgan fingerprint density at radius 2 is 1.00 bits per heavy atom. The lowest BCUT2D eigenvalue weighted by Gasteiger charge is -2.24. The van der Waals surface area contributed by atoms with Gasteiger partial charge in [-0.2, -0.15) is 0 Å². The van der Waals surface area contributed by atoms with Crippen LogP contribution < -0.4 is 0 Å². The normalized spacial score (nSPS) is 16.2. The van der Waals surface area contributed by atoms with Crippen molar-refractivity contribution in [2.45, 2.75) is 25.0 Å². The molecule has 0 aliphatic heterocycles. The third-order valence-corrected chi connectivity index (χ3v) is 7.53. The van der Waals surface area contributed by atoms with E-state index in [-0.39, 0.29) is 31.6 Å². The number of fused-ring (bicyclic) bond motifs is 2. The Labute approximate surface area is 250 Å². The third kappa shape index (κ3) is 7.00. The van der Waals surface area contributed by atoms with Gasteiger partial charge >= 0.3 is 0 Å². The Kier molecular flexibility index (Phi) is 8.88. The number of carbonyl (C=O) groups is 2. The average molecular weight is 573 g/mol. The van der Waals surface area contributed by atoms with Gasteiger partial charge in [0.05, 0.1) is 0 Å². The van der Waals surface area contributed by atoms with E-state index in [4.69, 9.17) is 18.9 Å². The molecule has 2 atom stereocenters. The van der Waals surface area contributed by atoms with E-state index >= 15 is 0 Å². The number of rotatable bonds is 12. The molecule has 4 aromatic carbocycles. The fourth-order valence-electron chi connectivity index (χ4n) is 5.14. The maximum absolute atomic E-state index is 12.3. The van der Waals surface area contributed by atoms with E-state index in [0.29, 0.717) is 24.4 Å². The average Bonchev–Trinajstić information content (AvgIpc) is 3.05. The summed E-state index contributed by atoms with van der Waals surface area (Å²) in [7, 11) is 0. The molecule has 0 saturated carbocycles. The van der Waals surface area contributed by atoms with Crippen molar-refractivity contribution in [2.24, 2.45) is 0 Å². The highest BCUT2D eigenvalue weighted by Gasteiger charge is 2.21. The van der Waals surface area contributed by atoms with Gasteiger partial charge in [0.15, 0.2) is 11.5 Å². The zero-order chi connectivity index (χ0) is 29.4. The van der Waals surface area contributed by atoms with Crippen LogP contribution in [-0.2, 0) is 28.5 Å². The Balaban J connectivity index is 1.21. The van der Waals surface area contributed by atoms with Gasteiger partial charge in [0.25, 0.3) is 0 Å². The SMILES string of the molecule is O=C1CC=CC=C1OCC(OCOC(COC1=CC=CCC1=O)c1ccc2ccccc2c1)c1ccc2ccccc2c1. The Morgan fingerprint density at radius 3 is 1.44 bits per heavy atom. The highest BCUT2D eigenvalue weighted by atomic mass is 16.7. The van der Waals surface area contributed by atoms with Gasteiger partial charge in [-0.1, -0.05) is 97.1 Å². The highest BCUT2D eigenvalue weighted by Crippen LogP contribution is 2.28. The lowest BCUT2D eigenvalue weighted by Crippen LogP contribution is -2.20. The Hall–Kier alpha value is -4.78. The molecule has 0 fully saturated rings. The molecule has 0 N–H and O–H groups in total. The van der Waals surface area contributed by atoms with Crippen LogP contribution in [0.25, 0.3) is 21.5 Å². The number of allylic oxidation sites excluding steroid dienone is 8. The number of hydrogen-bond donors (Lipinski definition) is 0. The quantitative estimate of drug-likeness (QED) is 0.163. The highest BCUT2D eigenvalue weighted by molar-refractivity contribution is 5.96. The molecule has 6 nitrogen and oxygen atoms in total. The molecular formula is C37H32O6. The van der Waals surface area contributed by atoms with Crippen LogP contribution in [0.2, 0.25) is 0 Å². The van der Waals surface area contributed by atoms with Crippen molar-refractivity contribution < 1.29 is 28.5 Å². The molecule has 0 amide bonds. The molecule has 0 saturated heterocycles. The van der Waals surface area contributed by atoms with Crippen molar-refractivity contribution in [3.8, 4) is 0 Å². The van der Waals surface area contributed by atoms with Crippen LogP contribution in [0.1, 0.15) is 36.2 Å². The molecule has 0 aromatic heterocycles. The van der Waals surface area contributed by atoms with Gasteiger partial charge in [0.2, 0.25) is 11.6 Å². The summed E-state index contributed by atoms with van der Waals surface area (Å²) in [4.78, 5) is 24.7. The summed E-state index contributed by atoms with van der Waals surface area (Å²) in [5, 5.41) is 4.39. The third-order valence-electron chi connectivity index (χ3n) is 7.53. The van der Waals surface area contributed by atoms with Crippen LogP contribution in [0.4, 0.5) is 0 Å². The van der Waals surface area contributed by atoms with E-state index in [0.717, 1.165) is 32.7 Å². The van der Waals surface area contributed by atoms with E-state index in [9.17, 15) is 9.59 Å². The molecule has 216 valence electrons. The second-order valence-electron chi connectivity index (χ2n) is 10.4. The second-order valence-corrected chi connectivity index (χ2v) is 10.4. The first kappa shape index (κ1) is 28.3. The summed E-state index contributed by atoms with van der Waals surface area (Å²) < 4.78 is 24.5. The van der Waals surface area contributed by atoms with Crippen molar-refractivity contribution >= 4 is 33.1 Å². The van der Waals surface area contributed by atoms with Crippen molar-refractivity contribution in [3.05, 3.63) is 144 Å². The minimum Gasteiger partial charge on any atom is -0.487 e. The summed E-state index contributed by atoms with van der Waals surface area (Å²) in [6.07, 6.45) is 10.3. The summed E-state index contributed by atoms with van der Waals surface area (Å²) in [6.45, 7) is 0.206. The lowest BCUT2D eigenvalue weighted by molar-refractivity contribution is -0.145. The van der Waals surface area contributed by atoms with Crippen LogP contribution >= 0.6 is 0 Å². The number of carbonyl (C=O) groups excluding carboxylic acids is 2. The molecule has 0 heterocycles. The van der Waals surface area contributed by atoms with E-state index in [1.165, 1.54) is 0 Å². The van der Waals surface area contributed by atoms with Gasteiger partial charge in [0.1, 0.15) is 32.2 Å². The fourth-order valence-corrected chi connectivity index (χ4v) is 5.14. The molecule has 2 unspecified atom stereocenters. The topological polar surface area (TPSA) is 71.1 Å². The summed E-state index contributed by atoms with van der Waals surface area (Å²) in [5.74, 6) is 0.510. The Morgan fingerprint density at radius 1 is 0.558 bits per heavy atom. The van der Waals surface area contributed by atoms with Gasteiger partial charge in [-0.15, -0.1) is 0 Å². The van der Waals surface area contributed by atoms with E-state index in [1.807, 2.05) is 72.8 Å². The number of Topliss-reactive ketones (excluding diaryl/α,β-unsaturated/α-hetero) is 2. The van der Waals surface area contributed by atoms with Gasteiger partial charge in [-0.05, 0) is 57.0 Å². The van der Waals surface area contributed by atoms with Gasteiger partial charge in [0, 0.05) is 12.8 Å². The van der Waals surface area contributed by atoms with E-state index in [1.54, 1.807) is 12.2 Å². The van der Waals surface area contributed by atoms with Crippen LogP contribution in [0, 0.1) is 0 Å². The standard InChI is InChI=1S/C37H32O6/c38-32-13-5-7-15-34(32)40-23-36(30-19-17-26-9-1-3-11-28(26)21-30)42-25-43-37(24-41-35-16-8-6-14-33(35)39)31-20-18-27-10-2-4-12-29(27)22-31/h1-12,15-22,36-37H,13-14,23-25H2. The zero-order valence-corrected chi connectivity index (χ0v) is 23.7. The van der Waals surface area contributed by atoms with E-state index < -0.39 is 12.2 Å². The first-order valence-corrected chi connectivity index (χ1v) is 14.4. The predicted molar refractivity (Wildman–Crippen MR) is 166 cm³/mol. The number of ether oxygens (including phenoxy) is 4. The molecule has 2 aliphatic carbocycles.